The third-order valence-corrected chi connectivity index (χ3v) is 5.23. The third kappa shape index (κ3) is 4.84. The van der Waals surface area contributed by atoms with Crippen molar-refractivity contribution in [2.45, 2.75) is 26.3 Å². The van der Waals surface area contributed by atoms with Gasteiger partial charge in [-0.25, -0.2) is 4.98 Å². The van der Waals surface area contributed by atoms with Gasteiger partial charge >= 0.3 is 5.97 Å². The van der Waals surface area contributed by atoms with Crippen LogP contribution in [0.1, 0.15) is 19.8 Å². The number of fused-ring (bicyclic) bond motifs is 1. The van der Waals surface area contributed by atoms with Crippen LogP contribution in [0.4, 0.5) is 0 Å². The first-order valence-corrected chi connectivity index (χ1v) is 10.0. The molecule has 1 aliphatic heterocycles. The Hall–Kier alpha value is -3.23. The Labute approximate surface area is 174 Å². The van der Waals surface area contributed by atoms with Crippen LogP contribution in [0.2, 0.25) is 0 Å². The van der Waals surface area contributed by atoms with E-state index >= 15 is 0 Å². The number of likely N-dealkylation sites (N-methyl/N-ethyl adjacent to an activating group) is 1. The number of aromatic nitrogens is 2. The molecular formula is C21H26N4O5. The van der Waals surface area contributed by atoms with E-state index in [2.05, 4.69) is 4.98 Å². The minimum absolute atomic E-state index is 0.121. The van der Waals surface area contributed by atoms with Gasteiger partial charge in [-0.3, -0.25) is 23.7 Å². The number of carbonyl (C=O) groups excluding carboxylic acids is 3. The van der Waals surface area contributed by atoms with E-state index in [0.29, 0.717) is 43.4 Å². The van der Waals surface area contributed by atoms with Gasteiger partial charge in [0.25, 0.3) is 5.56 Å². The molecule has 2 amide bonds. The van der Waals surface area contributed by atoms with Gasteiger partial charge in [0.1, 0.15) is 6.54 Å². The highest BCUT2D eigenvalue weighted by atomic mass is 16.5. The molecule has 30 heavy (non-hydrogen) atoms. The predicted octanol–water partition coefficient (Wildman–Crippen LogP) is 0.657. The number of likely N-dealkylation sites (tertiary alicyclic amines) is 1. The number of rotatable bonds is 6. The molecule has 0 aliphatic carbocycles. The number of esters is 1. The fraction of sp³-hybridized carbons (Fsp3) is 0.476. The van der Waals surface area contributed by atoms with Crippen molar-refractivity contribution >= 4 is 28.7 Å². The van der Waals surface area contributed by atoms with Crippen LogP contribution in [-0.2, 0) is 25.7 Å². The lowest BCUT2D eigenvalue weighted by Crippen LogP contribution is -2.47. The van der Waals surface area contributed by atoms with Crippen LogP contribution < -0.4 is 5.56 Å². The summed E-state index contributed by atoms with van der Waals surface area (Å²) in [6, 6.07) is 6.92. The summed E-state index contributed by atoms with van der Waals surface area (Å²) in [6.07, 6.45) is 2.74. The third-order valence-electron chi connectivity index (χ3n) is 5.23. The lowest BCUT2D eigenvalue weighted by atomic mass is 9.98. The smallest absolute Gasteiger partial charge is 0.310 e. The van der Waals surface area contributed by atoms with Gasteiger partial charge in [-0.05, 0) is 31.9 Å². The van der Waals surface area contributed by atoms with Crippen molar-refractivity contribution in [1.29, 1.82) is 0 Å². The van der Waals surface area contributed by atoms with Crippen LogP contribution in [0, 0.1) is 5.92 Å². The summed E-state index contributed by atoms with van der Waals surface area (Å²) in [7, 11) is 1.52. The molecule has 1 saturated heterocycles. The fourth-order valence-electron chi connectivity index (χ4n) is 3.53. The van der Waals surface area contributed by atoms with Crippen LogP contribution in [0.3, 0.4) is 0 Å². The second kappa shape index (κ2) is 9.51. The molecule has 1 unspecified atom stereocenters. The van der Waals surface area contributed by atoms with Crippen LogP contribution in [0.15, 0.2) is 35.4 Å². The first-order valence-electron chi connectivity index (χ1n) is 10.0. The van der Waals surface area contributed by atoms with E-state index in [0.717, 1.165) is 0 Å². The molecule has 1 atom stereocenters. The molecule has 1 aliphatic rings. The Morgan fingerprint density at radius 1 is 1.27 bits per heavy atom. The van der Waals surface area contributed by atoms with Crippen LogP contribution >= 0.6 is 0 Å². The van der Waals surface area contributed by atoms with Gasteiger partial charge in [0.05, 0.1) is 36.3 Å². The molecule has 3 rings (SSSR count). The molecule has 0 spiro atoms. The number of amides is 2. The van der Waals surface area contributed by atoms with Crippen LogP contribution in [-0.4, -0.2) is 70.4 Å². The summed E-state index contributed by atoms with van der Waals surface area (Å²) in [5, 5.41) is 0.435. The van der Waals surface area contributed by atoms with Crippen molar-refractivity contribution < 1.29 is 19.1 Å². The number of carbonyl (C=O) groups is 3. The van der Waals surface area contributed by atoms with E-state index < -0.39 is 0 Å². The quantitative estimate of drug-likeness (QED) is 0.644. The molecule has 1 aromatic carbocycles. The van der Waals surface area contributed by atoms with E-state index in [1.165, 1.54) is 22.8 Å². The molecule has 2 heterocycles. The Bertz CT molecular complexity index is 1000. The Kier molecular flexibility index (Phi) is 6.81. The molecular weight excluding hydrogens is 388 g/mol. The summed E-state index contributed by atoms with van der Waals surface area (Å²) in [6.45, 7) is 2.58. The van der Waals surface area contributed by atoms with E-state index in [4.69, 9.17) is 4.74 Å². The number of benzene rings is 1. The predicted molar refractivity (Wildman–Crippen MR) is 110 cm³/mol. The van der Waals surface area contributed by atoms with Crippen molar-refractivity contribution in [3.8, 4) is 0 Å². The molecule has 0 N–H and O–H groups in total. The maximum absolute atomic E-state index is 12.6. The second-order valence-corrected chi connectivity index (χ2v) is 7.38. The maximum Gasteiger partial charge on any atom is 0.310 e. The summed E-state index contributed by atoms with van der Waals surface area (Å²) in [5.74, 6) is -1.22. The van der Waals surface area contributed by atoms with Gasteiger partial charge in [-0.1, -0.05) is 12.1 Å². The van der Waals surface area contributed by atoms with Crippen molar-refractivity contribution in [3.05, 3.63) is 40.9 Å². The van der Waals surface area contributed by atoms with Gasteiger partial charge in [0, 0.05) is 20.1 Å². The standard InChI is InChI=1S/C21H26N4O5/c1-3-30-21(29)15-7-6-10-24(11-15)19(27)12-23(2)18(26)13-25-14-22-17-9-5-4-8-16(17)20(25)28/h4-5,8-9,14-15H,3,6-7,10-13H2,1-2H3. The fourth-order valence-corrected chi connectivity index (χ4v) is 3.53. The average Bonchev–Trinajstić information content (AvgIpc) is 2.76. The average molecular weight is 414 g/mol. The molecule has 160 valence electrons. The second-order valence-electron chi connectivity index (χ2n) is 7.38. The van der Waals surface area contributed by atoms with E-state index in [9.17, 15) is 19.2 Å². The van der Waals surface area contributed by atoms with Crippen LogP contribution in [0.25, 0.3) is 10.9 Å². The van der Waals surface area contributed by atoms with E-state index in [1.807, 2.05) is 0 Å². The van der Waals surface area contributed by atoms with Crippen molar-refractivity contribution in [1.82, 2.24) is 19.4 Å². The molecule has 0 saturated carbocycles. The molecule has 1 fully saturated rings. The van der Waals surface area contributed by atoms with Gasteiger partial charge in [0.2, 0.25) is 11.8 Å². The van der Waals surface area contributed by atoms with Gasteiger partial charge in [-0.2, -0.15) is 0 Å². The number of piperidine rings is 1. The normalized spacial score (nSPS) is 16.3. The SMILES string of the molecule is CCOC(=O)C1CCCN(C(=O)CN(C)C(=O)Cn2cnc3ccccc3c2=O)C1. The molecule has 1 aromatic heterocycles. The first-order chi connectivity index (χ1) is 14.4. The first kappa shape index (κ1) is 21.5. The topological polar surface area (TPSA) is 102 Å². The zero-order valence-electron chi connectivity index (χ0n) is 17.2. The Balaban J connectivity index is 1.60. The number of hydrogen-bond donors (Lipinski definition) is 0. The molecule has 2 aromatic rings. The largest absolute Gasteiger partial charge is 0.466 e. The molecule has 0 bridgehead atoms. The zero-order chi connectivity index (χ0) is 21.7. The van der Waals surface area contributed by atoms with Gasteiger partial charge in [-0.15, -0.1) is 0 Å². The minimum atomic E-state index is -0.374. The van der Waals surface area contributed by atoms with Crippen molar-refractivity contribution in [2.24, 2.45) is 5.92 Å². The van der Waals surface area contributed by atoms with E-state index in [-0.39, 0.29) is 42.4 Å². The minimum Gasteiger partial charge on any atom is -0.466 e. The van der Waals surface area contributed by atoms with Crippen molar-refractivity contribution in [2.75, 3.05) is 33.3 Å². The Morgan fingerprint density at radius 2 is 2.03 bits per heavy atom. The number of ether oxygens (including phenoxy) is 1. The van der Waals surface area contributed by atoms with Crippen molar-refractivity contribution in [3.63, 3.8) is 0 Å². The monoisotopic (exact) mass is 414 g/mol. The van der Waals surface area contributed by atoms with E-state index in [1.54, 1.807) is 36.1 Å². The maximum atomic E-state index is 12.6. The number of nitrogens with zero attached hydrogens (tertiary/aromatic N) is 4. The highest BCUT2D eigenvalue weighted by Gasteiger charge is 2.30. The summed E-state index contributed by atoms with van der Waals surface area (Å²) >= 11 is 0. The van der Waals surface area contributed by atoms with Crippen LogP contribution in [0.5, 0.6) is 0 Å². The van der Waals surface area contributed by atoms with Gasteiger partial charge in [0.15, 0.2) is 0 Å². The molecule has 0 radical (unpaired) electrons. The van der Waals surface area contributed by atoms with Gasteiger partial charge < -0.3 is 14.5 Å². The number of hydrogen-bond acceptors (Lipinski definition) is 6. The molecule has 9 heteroatoms. The summed E-state index contributed by atoms with van der Waals surface area (Å²) in [4.78, 5) is 56.8. The summed E-state index contributed by atoms with van der Waals surface area (Å²) in [5.41, 5.74) is 0.262. The molecule has 9 nitrogen and oxygen atoms in total. The Morgan fingerprint density at radius 3 is 2.80 bits per heavy atom. The lowest BCUT2D eigenvalue weighted by molar-refractivity contribution is -0.152. The lowest BCUT2D eigenvalue weighted by Gasteiger charge is -2.32. The highest BCUT2D eigenvalue weighted by molar-refractivity contribution is 5.85. The zero-order valence-corrected chi connectivity index (χ0v) is 17.2. The highest BCUT2D eigenvalue weighted by Crippen LogP contribution is 2.18. The summed E-state index contributed by atoms with van der Waals surface area (Å²) < 4.78 is 6.30. The number of para-hydroxylation sites is 1.